The minimum atomic E-state index is -3.14. The Labute approximate surface area is 349 Å². The Bertz CT molecular complexity index is 2040. The molecule has 0 atom stereocenters. The molecule has 9 rings (SSSR count). The summed E-state index contributed by atoms with van der Waals surface area (Å²) in [5.74, 6) is 0. The van der Waals surface area contributed by atoms with Crippen molar-refractivity contribution in [1.82, 2.24) is 0 Å². The molecule has 0 aromatic heterocycles. The van der Waals surface area contributed by atoms with Gasteiger partial charge in [0, 0.05) is 0 Å². The molecule has 0 bridgehead atoms. The van der Waals surface area contributed by atoms with Gasteiger partial charge in [-0.2, -0.15) is 0 Å². The van der Waals surface area contributed by atoms with Crippen LogP contribution in [-0.4, -0.2) is 0 Å². The predicted octanol–water partition coefficient (Wildman–Crippen LogP) is 9.26. The molecule has 0 saturated heterocycles. The summed E-state index contributed by atoms with van der Waals surface area (Å²) in [7, 11) is 0. The normalized spacial score (nSPS) is 13.6. The van der Waals surface area contributed by atoms with E-state index in [1.54, 1.807) is 0 Å². The van der Waals surface area contributed by atoms with Crippen molar-refractivity contribution in [2.45, 2.75) is 0 Å². The Morgan fingerprint density at radius 3 is 0.362 bits per heavy atom. The zero-order valence-corrected chi connectivity index (χ0v) is 37.2. The third kappa shape index (κ3) is 6.57. The molecular formula is C54H49P3Ru. The second-order valence-electron chi connectivity index (χ2n) is 14.6. The van der Waals surface area contributed by atoms with Crippen LogP contribution in [-0.2, 0) is 14.5 Å². The van der Waals surface area contributed by atoms with E-state index in [0.29, 0.717) is 0 Å². The summed E-state index contributed by atoms with van der Waals surface area (Å²) < 4.78 is 0. The maximum atomic E-state index is 2.51. The summed E-state index contributed by atoms with van der Waals surface area (Å²) in [5, 5.41) is 13.5. The summed E-state index contributed by atoms with van der Waals surface area (Å²) in [5.41, 5.74) is -9.42. The van der Waals surface area contributed by atoms with Crippen LogP contribution in [0.15, 0.2) is 273 Å². The van der Waals surface area contributed by atoms with Crippen molar-refractivity contribution in [2.75, 3.05) is 0 Å². The molecule has 0 amide bonds. The monoisotopic (exact) mass is 892 g/mol. The summed E-state index contributed by atoms with van der Waals surface area (Å²) in [6.07, 6.45) is 0. The van der Waals surface area contributed by atoms with Gasteiger partial charge in [0.15, 0.2) is 0 Å². The second-order valence-corrected chi connectivity index (χ2v) is 51.1. The number of rotatable bonds is 12. The molecule has 0 saturated carbocycles. The molecule has 0 aliphatic rings. The fraction of sp³-hybridized carbons (Fsp3) is 0. The van der Waals surface area contributed by atoms with Gasteiger partial charge in [0.2, 0.25) is 0 Å². The predicted molar refractivity (Wildman–Crippen MR) is 261 cm³/mol. The molecule has 9 aromatic carbocycles. The van der Waals surface area contributed by atoms with Gasteiger partial charge in [-0.1, -0.05) is 0 Å². The molecule has 0 N–H and O–H groups in total. The average molecular weight is 892 g/mol. The van der Waals surface area contributed by atoms with E-state index in [1.807, 2.05) is 0 Å². The van der Waals surface area contributed by atoms with Gasteiger partial charge in [-0.3, -0.25) is 0 Å². The third-order valence-electron chi connectivity index (χ3n) is 11.4. The van der Waals surface area contributed by atoms with E-state index in [-0.39, 0.29) is 0 Å². The van der Waals surface area contributed by atoms with E-state index in [1.165, 1.54) is 47.7 Å². The summed E-state index contributed by atoms with van der Waals surface area (Å²) >= 11 is -2.95. The molecule has 0 fully saturated rings. The van der Waals surface area contributed by atoms with Crippen LogP contribution < -0.4 is 47.7 Å². The number of benzene rings is 9. The first-order valence-corrected chi connectivity index (χ1v) is 34.0. The molecule has 0 radical (unpaired) electrons. The van der Waals surface area contributed by atoms with Crippen LogP contribution in [0.2, 0.25) is 0 Å². The minimum absolute atomic E-state index is 1.50. The van der Waals surface area contributed by atoms with E-state index in [0.717, 1.165) is 0 Å². The topological polar surface area (TPSA) is 0 Å². The zero-order chi connectivity index (χ0) is 39.1. The van der Waals surface area contributed by atoms with Crippen LogP contribution in [0.5, 0.6) is 0 Å². The van der Waals surface area contributed by atoms with Crippen molar-refractivity contribution in [1.29, 1.82) is 0 Å². The van der Waals surface area contributed by atoms with Crippen LogP contribution in [0.3, 0.4) is 0 Å². The van der Waals surface area contributed by atoms with Crippen molar-refractivity contribution >= 4 is 64.5 Å². The van der Waals surface area contributed by atoms with Crippen LogP contribution in [0.4, 0.5) is 0 Å². The Kier molecular flexibility index (Phi) is 11.5. The van der Waals surface area contributed by atoms with Gasteiger partial charge in [0.1, 0.15) is 0 Å². The molecule has 0 spiro atoms. The molecule has 0 aliphatic carbocycles. The van der Waals surface area contributed by atoms with Crippen molar-refractivity contribution < 1.29 is 14.5 Å². The van der Waals surface area contributed by atoms with E-state index in [4.69, 9.17) is 0 Å². The molecule has 0 unspecified atom stereocenters. The number of hydrogen-bond acceptors (Lipinski definition) is 0. The average Bonchev–Trinajstić information content (AvgIpc) is 3.33. The quantitative estimate of drug-likeness (QED) is 0.0849. The van der Waals surface area contributed by atoms with Crippen LogP contribution in [0.1, 0.15) is 0 Å². The fourth-order valence-corrected chi connectivity index (χ4v) is 111. The second kappa shape index (κ2) is 17.4. The first-order valence-electron chi connectivity index (χ1n) is 20.0. The van der Waals surface area contributed by atoms with Crippen LogP contribution in [0.25, 0.3) is 0 Å². The van der Waals surface area contributed by atoms with Gasteiger partial charge in [-0.25, -0.2) is 0 Å². The standard InChI is InChI=1S/3C18H15P.Ru.H/c3*1-4-10-16(11-5-1)19(17-12-6-2-7-13-17)18-14-8-3-9-15-18;;/h3*1-15H;;/q;;;-3;/p+3. The Morgan fingerprint density at radius 1 is 0.155 bits per heavy atom. The Balaban J connectivity index is 1.68. The Morgan fingerprint density at radius 2 is 0.259 bits per heavy atom. The van der Waals surface area contributed by atoms with E-state index >= 15 is 0 Å². The molecule has 58 heavy (non-hydrogen) atoms. The zero-order valence-electron chi connectivity index (χ0n) is 32.4. The molecule has 288 valence electrons. The molecule has 0 heterocycles. The van der Waals surface area contributed by atoms with E-state index in [9.17, 15) is 0 Å². The SMILES string of the molecule is c1ccc([PH](c2ccccc2)(c2ccccc2)[RuH]([PH](c2ccccc2)(c2ccccc2)c2ccccc2)[PH](c2ccccc2)(c2ccccc2)c2ccccc2)cc1. The van der Waals surface area contributed by atoms with Crippen LogP contribution >= 0.6 is 16.8 Å². The van der Waals surface area contributed by atoms with Gasteiger partial charge in [0.05, 0.1) is 0 Å². The van der Waals surface area contributed by atoms with Crippen molar-refractivity contribution in [2.24, 2.45) is 0 Å². The van der Waals surface area contributed by atoms with Crippen molar-refractivity contribution in [3.05, 3.63) is 273 Å². The van der Waals surface area contributed by atoms with Gasteiger partial charge < -0.3 is 0 Å². The first kappa shape index (κ1) is 38.4. The van der Waals surface area contributed by atoms with Gasteiger partial charge in [-0.15, -0.1) is 0 Å². The molecule has 0 nitrogen and oxygen atoms in total. The molecule has 4 heteroatoms. The molecule has 0 aliphatic heterocycles. The van der Waals surface area contributed by atoms with Crippen molar-refractivity contribution in [3.63, 3.8) is 0 Å². The van der Waals surface area contributed by atoms with Gasteiger partial charge in [-0.05, 0) is 0 Å². The van der Waals surface area contributed by atoms with Crippen LogP contribution in [0, 0.1) is 0 Å². The summed E-state index contributed by atoms with van der Waals surface area (Å²) in [6.45, 7) is 0. The Hall–Kier alpha value is -5.11. The first-order chi connectivity index (χ1) is 28.8. The summed E-state index contributed by atoms with van der Waals surface area (Å²) in [6, 6.07) is 107. The van der Waals surface area contributed by atoms with E-state index < -0.39 is 31.3 Å². The van der Waals surface area contributed by atoms with Crippen molar-refractivity contribution in [3.8, 4) is 0 Å². The maximum absolute atomic E-state index is 3.14. The van der Waals surface area contributed by atoms with Gasteiger partial charge >= 0.3 is 352 Å². The third-order valence-corrected chi connectivity index (χ3v) is 80.5. The van der Waals surface area contributed by atoms with Gasteiger partial charge in [0.25, 0.3) is 0 Å². The van der Waals surface area contributed by atoms with E-state index in [2.05, 4.69) is 273 Å². The fourth-order valence-electron chi connectivity index (χ4n) is 9.13. The molecular weight excluding hydrogens is 843 g/mol. The molecule has 9 aromatic rings. The number of hydrogen-bond donors (Lipinski definition) is 0. The summed E-state index contributed by atoms with van der Waals surface area (Å²) in [4.78, 5) is 0.